The number of hydrogen-bond donors (Lipinski definition) is 1. The maximum atomic E-state index is 5.82. The Morgan fingerprint density at radius 1 is 1.29 bits per heavy atom. The summed E-state index contributed by atoms with van der Waals surface area (Å²) in [4.78, 5) is 0. The van der Waals surface area contributed by atoms with Gasteiger partial charge >= 0.3 is 0 Å². The zero-order chi connectivity index (χ0) is 10.3. The molecule has 2 heteroatoms. The zero-order valence-electron chi connectivity index (χ0n) is 8.79. The molecule has 1 unspecified atom stereocenters. The molecular weight excluding hydrogens is 174 g/mol. The normalized spacial score (nSPS) is 13.4. The van der Waals surface area contributed by atoms with Gasteiger partial charge in [0.1, 0.15) is 11.3 Å². The van der Waals surface area contributed by atoms with Gasteiger partial charge in [0.2, 0.25) is 0 Å². The molecule has 0 aliphatic rings. The van der Waals surface area contributed by atoms with Crippen LogP contribution in [-0.2, 0) is 0 Å². The maximum absolute atomic E-state index is 5.82. The molecule has 1 heterocycles. The van der Waals surface area contributed by atoms with Crippen molar-refractivity contribution < 1.29 is 4.42 Å². The minimum Gasteiger partial charge on any atom is -0.459 e. The standard InChI is InChI=1S/C12H15NO/c1-7-4-5-11-10(6-7)8(2)12(14-11)9(3)13/h4-6,9H,13H2,1-3H3. The van der Waals surface area contributed by atoms with E-state index in [0.717, 1.165) is 11.3 Å². The molecule has 0 bridgehead atoms. The number of hydrogen-bond acceptors (Lipinski definition) is 2. The second-order valence-electron chi connectivity index (χ2n) is 3.88. The molecule has 1 aromatic carbocycles. The van der Waals surface area contributed by atoms with Crippen LogP contribution in [-0.4, -0.2) is 0 Å². The first-order chi connectivity index (χ1) is 6.59. The molecule has 74 valence electrons. The van der Waals surface area contributed by atoms with E-state index >= 15 is 0 Å². The van der Waals surface area contributed by atoms with Crippen molar-refractivity contribution in [3.8, 4) is 0 Å². The summed E-state index contributed by atoms with van der Waals surface area (Å²) in [5.74, 6) is 0.894. The summed E-state index contributed by atoms with van der Waals surface area (Å²) in [7, 11) is 0. The summed E-state index contributed by atoms with van der Waals surface area (Å²) >= 11 is 0. The fraction of sp³-hybridized carbons (Fsp3) is 0.333. The molecule has 0 spiro atoms. The molecule has 0 saturated heterocycles. The average molecular weight is 189 g/mol. The Kier molecular flexibility index (Phi) is 2.08. The quantitative estimate of drug-likeness (QED) is 0.748. The zero-order valence-corrected chi connectivity index (χ0v) is 8.79. The van der Waals surface area contributed by atoms with Crippen molar-refractivity contribution in [3.63, 3.8) is 0 Å². The lowest BCUT2D eigenvalue weighted by Crippen LogP contribution is -2.04. The highest BCUT2D eigenvalue weighted by Crippen LogP contribution is 2.28. The van der Waals surface area contributed by atoms with Crippen LogP contribution in [0.15, 0.2) is 22.6 Å². The van der Waals surface area contributed by atoms with Crippen molar-refractivity contribution >= 4 is 11.0 Å². The lowest BCUT2D eigenvalue weighted by atomic mass is 10.1. The van der Waals surface area contributed by atoms with Crippen LogP contribution in [0.1, 0.15) is 29.9 Å². The molecular formula is C12H15NO. The molecule has 0 amide bonds. The van der Waals surface area contributed by atoms with Crippen LogP contribution in [0.2, 0.25) is 0 Å². The molecule has 2 aromatic rings. The van der Waals surface area contributed by atoms with E-state index in [4.69, 9.17) is 10.2 Å². The van der Waals surface area contributed by atoms with Crippen molar-refractivity contribution in [2.75, 3.05) is 0 Å². The van der Waals surface area contributed by atoms with Crippen molar-refractivity contribution in [2.45, 2.75) is 26.8 Å². The number of benzene rings is 1. The van der Waals surface area contributed by atoms with Gasteiger partial charge in [0.15, 0.2) is 0 Å². The van der Waals surface area contributed by atoms with E-state index in [2.05, 4.69) is 26.0 Å². The van der Waals surface area contributed by atoms with Gasteiger partial charge < -0.3 is 10.2 Å². The van der Waals surface area contributed by atoms with Crippen LogP contribution >= 0.6 is 0 Å². The fourth-order valence-corrected chi connectivity index (χ4v) is 1.79. The third-order valence-electron chi connectivity index (χ3n) is 2.54. The van der Waals surface area contributed by atoms with E-state index in [1.54, 1.807) is 0 Å². The number of rotatable bonds is 1. The van der Waals surface area contributed by atoms with E-state index in [-0.39, 0.29) is 6.04 Å². The number of furan rings is 1. The van der Waals surface area contributed by atoms with E-state index in [1.165, 1.54) is 16.5 Å². The van der Waals surface area contributed by atoms with Gasteiger partial charge in [-0.3, -0.25) is 0 Å². The van der Waals surface area contributed by atoms with Gasteiger partial charge in [-0.05, 0) is 38.5 Å². The third-order valence-corrected chi connectivity index (χ3v) is 2.54. The van der Waals surface area contributed by atoms with Crippen LogP contribution in [0.25, 0.3) is 11.0 Å². The smallest absolute Gasteiger partial charge is 0.134 e. The van der Waals surface area contributed by atoms with E-state index in [9.17, 15) is 0 Å². The Balaban J connectivity index is 2.74. The van der Waals surface area contributed by atoms with Crippen LogP contribution in [0.3, 0.4) is 0 Å². The van der Waals surface area contributed by atoms with Crippen LogP contribution < -0.4 is 5.73 Å². The van der Waals surface area contributed by atoms with E-state index in [0.29, 0.717) is 0 Å². The van der Waals surface area contributed by atoms with Gasteiger partial charge in [-0.15, -0.1) is 0 Å². The van der Waals surface area contributed by atoms with Gasteiger partial charge in [-0.1, -0.05) is 11.6 Å². The SMILES string of the molecule is Cc1ccc2oc(C(C)N)c(C)c2c1. The summed E-state index contributed by atoms with van der Waals surface area (Å²) in [6.07, 6.45) is 0. The second kappa shape index (κ2) is 3.14. The molecule has 1 aromatic heterocycles. The minimum atomic E-state index is -0.0392. The average Bonchev–Trinajstić information content (AvgIpc) is 2.44. The highest BCUT2D eigenvalue weighted by atomic mass is 16.3. The molecule has 1 atom stereocenters. The fourth-order valence-electron chi connectivity index (χ4n) is 1.79. The molecule has 2 N–H and O–H groups in total. The highest BCUT2D eigenvalue weighted by Gasteiger charge is 2.12. The van der Waals surface area contributed by atoms with Crippen LogP contribution in [0.4, 0.5) is 0 Å². The monoisotopic (exact) mass is 189 g/mol. The summed E-state index contributed by atoms with van der Waals surface area (Å²) < 4.78 is 5.69. The predicted octanol–water partition coefficient (Wildman–Crippen LogP) is 3.07. The molecule has 2 rings (SSSR count). The lowest BCUT2D eigenvalue weighted by molar-refractivity contribution is 0.509. The van der Waals surface area contributed by atoms with E-state index in [1.807, 2.05) is 13.0 Å². The van der Waals surface area contributed by atoms with Crippen molar-refractivity contribution in [1.29, 1.82) is 0 Å². The molecule has 0 fully saturated rings. The van der Waals surface area contributed by atoms with Crippen molar-refractivity contribution in [2.24, 2.45) is 5.73 Å². The lowest BCUT2D eigenvalue weighted by Gasteiger charge is -2.00. The number of aryl methyl sites for hydroxylation is 2. The number of fused-ring (bicyclic) bond motifs is 1. The third kappa shape index (κ3) is 1.32. The Morgan fingerprint density at radius 2 is 2.00 bits per heavy atom. The Hall–Kier alpha value is -1.28. The molecule has 0 radical (unpaired) electrons. The first kappa shape index (κ1) is 9.28. The largest absolute Gasteiger partial charge is 0.459 e. The topological polar surface area (TPSA) is 39.2 Å². The molecule has 2 nitrogen and oxygen atoms in total. The first-order valence-corrected chi connectivity index (χ1v) is 4.85. The molecule has 0 aliphatic carbocycles. The van der Waals surface area contributed by atoms with Crippen molar-refractivity contribution in [1.82, 2.24) is 0 Å². The Bertz CT molecular complexity index is 468. The Labute approximate surface area is 83.7 Å². The van der Waals surface area contributed by atoms with Crippen LogP contribution in [0.5, 0.6) is 0 Å². The van der Waals surface area contributed by atoms with Gasteiger partial charge in [-0.2, -0.15) is 0 Å². The molecule has 14 heavy (non-hydrogen) atoms. The number of nitrogens with two attached hydrogens (primary N) is 1. The molecule has 0 aliphatic heterocycles. The second-order valence-corrected chi connectivity index (χ2v) is 3.88. The maximum Gasteiger partial charge on any atom is 0.134 e. The predicted molar refractivity (Wildman–Crippen MR) is 58.3 cm³/mol. The summed E-state index contributed by atoms with van der Waals surface area (Å²) in [5.41, 5.74) is 9.17. The summed E-state index contributed by atoms with van der Waals surface area (Å²) in [6, 6.07) is 6.16. The first-order valence-electron chi connectivity index (χ1n) is 4.85. The van der Waals surface area contributed by atoms with Gasteiger partial charge in [-0.25, -0.2) is 0 Å². The Morgan fingerprint density at radius 3 is 2.64 bits per heavy atom. The van der Waals surface area contributed by atoms with E-state index < -0.39 is 0 Å². The minimum absolute atomic E-state index is 0.0392. The summed E-state index contributed by atoms with van der Waals surface area (Å²) in [5, 5.41) is 1.18. The summed E-state index contributed by atoms with van der Waals surface area (Å²) in [6.45, 7) is 6.08. The highest BCUT2D eigenvalue weighted by molar-refractivity contribution is 5.82. The van der Waals surface area contributed by atoms with Gasteiger partial charge in [0.05, 0.1) is 6.04 Å². The molecule has 0 saturated carbocycles. The van der Waals surface area contributed by atoms with Crippen molar-refractivity contribution in [3.05, 3.63) is 35.1 Å². The van der Waals surface area contributed by atoms with Gasteiger partial charge in [0, 0.05) is 5.39 Å². The van der Waals surface area contributed by atoms with Gasteiger partial charge in [0.25, 0.3) is 0 Å². The van der Waals surface area contributed by atoms with Crippen LogP contribution in [0, 0.1) is 13.8 Å².